The number of carbonyl (C=O) groups is 1. The number of hydrogen-bond donors (Lipinski definition) is 0. The molecule has 72 valence electrons. The number of aromatic nitrogens is 1. The molecule has 1 heterocycles. The van der Waals surface area contributed by atoms with E-state index in [1.165, 1.54) is 6.07 Å². The highest BCUT2D eigenvalue weighted by molar-refractivity contribution is 6.33. The zero-order chi connectivity index (χ0) is 10.7. The summed E-state index contributed by atoms with van der Waals surface area (Å²) in [7, 11) is 0. The van der Waals surface area contributed by atoms with Gasteiger partial charge in [-0.25, -0.2) is 13.8 Å². The van der Waals surface area contributed by atoms with Crippen LogP contribution in [0.4, 0.5) is 8.78 Å². The first-order valence-electron chi connectivity index (χ1n) is 3.44. The zero-order valence-electron chi connectivity index (χ0n) is 6.67. The number of pyridine rings is 1. The minimum Gasteiger partial charge on any atom is -0.298 e. The van der Waals surface area contributed by atoms with Crippen molar-refractivity contribution in [1.29, 1.82) is 5.26 Å². The van der Waals surface area contributed by atoms with Crippen molar-refractivity contribution in [1.82, 2.24) is 4.98 Å². The third kappa shape index (κ3) is 1.86. The third-order valence-corrected chi connectivity index (χ3v) is 1.86. The average molecular weight is 217 g/mol. The van der Waals surface area contributed by atoms with Crippen molar-refractivity contribution in [3.8, 4) is 6.07 Å². The maximum absolute atomic E-state index is 12.2. The van der Waals surface area contributed by atoms with Crippen LogP contribution in [-0.2, 0) is 0 Å². The van der Waals surface area contributed by atoms with E-state index in [1.807, 2.05) is 0 Å². The number of nitrogens with zero attached hydrogens (tertiary/aromatic N) is 2. The molecule has 1 aromatic heterocycles. The fraction of sp³-hybridized carbons (Fsp3) is 0.125. The van der Waals surface area contributed by atoms with Gasteiger partial charge in [0.15, 0.2) is 12.0 Å². The van der Waals surface area contributed by atoms with Crippen molar-refractivity contribution in [2.45, 2.75) is 6.43 Å². The Morgan fingerprint density at radius 3 is 2.71 bits per heavy atom. The van der Waals surface area contributed by atoms with Gasteiger partial charge in [-0.2, -0.15) is 5.26 Å². The largest absolute Gasteiger partial charge is 0.298 e. The molecule has 0 unspecified atom stereocenters. The van der Waals surface area contributed by atoms with Crippen LogP contribution in [0.15, 0.2) is 6.07 Å². The van der Waals surface area contributed by atoms with Gasteiger partial charge in [0.2, 0.25) is 0 Å². The third-order valence-electron chi connectivity index (χ3n) is 1.46. The lowest BCUT2D eigenvalue weighted by molar-refractivity contribution is 0.112. The molecular weight excluding hydrogens is 214 g/mol. The summed E-state index contributed by atoms with van der Waals surface area (Å²) >= 11 is 5.52. The zero-order valence-corrected chi connectivity index (χ0v) is 7.42. The van der Waals surface area contributed by atoms with Crippen LogP contribution in [0.1, 0.15) is 28.2 Å². The highest BCUT2D eigenvalue weighted by Gasteiger charge is 2.15. The van der Waals surface area contributed by atoms with Crippen LogP contribution in [0.2, 0.25) is 5.02 Å². The Morgan fingerprint density at radius 2 is 2.29 bits per heavy atom. The Kier molecular flexibility index (Phi) is 3.10. The summed E-state index contributed by atoms with van der Waals surface area (Å²) in [6.07, 6.45) is -2.53. The maximum atomic E-state index is 12.2. The predicted octanol–water partition coefficient (Wildman–Crippen LogP) is 2.36. The van der Waals surface area contributed by atoms with Gasteiger partial charge in [0.05, 0.1) is 5.02 Å². The summed E-state index contributed by atoms with van der Waals surface area (Å²) < 4.78 is 24.4. The number of aldehydes is 1. The van der Waals surface area contributed by atoms with E-state index in [9.17, 15) is 13.6 Å². The molecule has 0 atom stereocenters. The lowest BCUT2D eigenvalue weighted by atomic mass is 10.2. The van der Waals surface area contributed by atoms with E-state index in [4.69, 9.17) is 16.9 Å². The number of hydrogen-bond acceptors (Lipinski definition) is 3. The van der Waals surface area contributed by atoms with Gasteiger partial charge in [-0.1, -0.05) is 11.6 Å². The van der Waals surface area contributed by atoms with Crippen LogP contribution in [0, 0.1) is 11.3 Å². The molecule has 1 rings (SSSR count). The molecule has 0 aliphatic rings. The number of halogens is 3. The maximum Gasteiger partial charge on any atom is 0.280 e. The molecule has 0 aliphatic carbocycles. The summed E-state index contributed by atoms with van der Waals surface area (Å²) in [6.45, 7) is 0. The molecular formula is C8H3ClF2N2O. The van der Waals surface area contributed by atoms with Crippen molar-refractivity contribution >= 4 is 17.9 Å². The predicted molar refractivity (Wildman–Crippen MR) is 44.3 cm³/mol. The van der Waals surface area contributed by atoms with Gasteiger partial charge in [-0.3, -0.25) is 4.79 Å². The Morgan fingerprint density at radius 1 is 1.64 bits per heavy atom. The molecule has 0 saturated carbocycles. The minimum absolute atomic E-state index is 0.159. The molecule has 0 bridgehead atoms. The van der Waals surface area contributed by atoms with E-state index in [1.54, 1.807) is 0 Å². The van der Waals surface area contributed by atoms with Crippen LogP contribution in [0.25, 0.3) is 0 Å². The topological polar surface area (TPSA) is 53.8 Å². The van der Waals surface area contributed by atoms with Crippen molar-refractivity contribution < 1.29 is 13.6 Å². The molecule has 14 heavy (non-hydrogen) atoms. The molecule has 0 aromatic carbocycles. The number of carbonyl (C=O) groups excluding carboxylic acids is 1. The van der Waals surface area contributed by atoms with Crippen LogP contribution in [0.3, 0.4) is 0 Å². The van der Waals surface area contributed by atoms with Crippen molar-refractivity contribution in [2.75, 3.05) is 0 Å². The summed E-state index contributed by atoms with van der Waals surface area (Å²) in [4.78, 5) is 13.7. The summed E-state index contributed by atoms with van der Waals surface area (Å²) in [6, 6.07) is 2.39. The van der Waals surface area contributed by atoms with Crippen LogP contribution in [0.5, 0.6) is 0 Å². The molecule has 0 N–H and O–H groups in total. The summed E-state index contributed by atoms with van der Waals surface area (Å²) in [5.74, 6) is 0. The molecule has 1 aromatic rings. The van der Waals surface area contributed by atoms with Gasteiger partial charge in [0.25, 0.3) is 6.43 Å². The van der Waals surface area contributed by atoms with Crippen molar-refractivity contribution in [3.05, 3.63) is 28.0 Å². The lowest BCUT2D eigenvalue weighted by Gasteiger charge is -2.02. The standard InChI is InChI=1S/C8H3ClF2N2O/c9-7-4(3-14)1-5(8(10)11)13-6(7)2-12/h1,3,8H. The monoisotopic (exact) mass is 216 g/mol. The van der Waals surface area contributed by atoms with E-state index >= 15 is 0 Å². The molecule has 0 aliphatic heterocycles. The van der Waals surface area contributed by atoms with Crippen molar-refractivity contribution in [2.24, 2.45) is 0 Å². The van der Waals surface area contributed by atoms with Crippen LogP contribution < -0.4 is 0 Å². The molecule has 3 nitrogen and oxygen atoms in total. The van der Waals surface area contributed by atoms with Crippen molar-refractivity contribution in [3.63, 3.8) is 0 Å². The highest BCUT2D eigenvalue weighted by Crippen LogP contribution is 2.24. The molecule has 0 saturated heterocycles. The molecule has 0 amide bonds. The van der Waals surface area contributed by atoms with Gasteiger partial charge >= 0.3 is 0 Å². The van der Waals surface area contributed by atoms with E-state index in [-0.39, 0.29) is 16.3 Å². The fourth-order valence-corrected chi connectivity index (χ4v) is 1.03. The van der Waals surface area contributed by atoms with Gasteiger partial charge < -0.3 is 0 Å². The fourth-order valence-electron chi connectivity index (χ4n) is 0.841. The lowest BCUT2D eigenvalue weighted by Crippen LogP contribution is -1.98. The number of nitriles is 1. The van der Waals surface area contributed by atoms with Gasteiger partial charge in [-0.15, -0.1) is 0 Å². The highest BCUT2D eigenvalue weighted by atomic mass is 35.5. The first-order chi connectivity index (χ1) is 6.60. The second-order valence-corrected chi connectivity index (χ2v) is 2.71. The average Bonchev–Trinajstić information content (AvgIpc) is 2.17. The molecule has 6 heteroatoms. The number of rotatable bonds is 2. The molecule has 0 fully saturated rings. The van der Waals surface area contributed by atoms with E-state index in [2.05, 4.69) is 4.98 Å². The van der Waals surface area contributed by atoms with E-state index < -0.39 is 12.1 Å². The quantitative estimate of drug-likeness (QED) is 0.713. The molecule has 0 radical (unpaired) electrons. The smallest absolute Gasteiger partial charge is 0.280 e. The van der Waals surface area contributed by atoms with Gasteiger partial charge in [0.1, 0.15) is 11.8 Å². The van der Waals surface area contributed by atoms with Gasteiger partial charge in [0, 0.05) is 5.56 Å². The second kappa shape index (κ2) is 4.11. The summed E-state index contributed by atoms with van der Waals surface area (Å²) in [5, 5.41) is 8.28. The first-order valence-corrected chi connectivity index (χ1v) is 3.81. The Balaban J connectivity index is 3.41. The SMILES string of the molecule is N#Cc1nc(C(F)F)cc(C=O)c1Cl. The Hall–Kier alpha value is -1.54. The molecule has 0 spiro atoms. The van der Waals surface area contributed by atoms with Crippen LogP contribution in [-0.4, -0.2) is 11.3 Å². The van der Waals surface area contributed by atoms with E-state index in [0.29, 0.717) is 6.29 Å². The first kappa shape index (κ1) is 10.5. The Bertz CT molecular complexity index is 415. The Labute approximate surface area is 82.9 Å². The minimum atomic E-state index is -2.84. The normalized spacial score (nSPS) is 9.93. The number of alkyl halides is 2. The van der Waals surface area contributed by atoms with Crippen LogP contribution >= 0.6 is 11.6 Å². The van der Waals surface area contributed by atoms with E-state index in [0.717, 1.165) is 6.07 Å². The summed E-state index contributed by atoms with van der Waals surface area (Å²) in [5.41, 5.74) is -1.16. The second-order valence-electron chi connectivity index (χ2n) is 2.33. The van der Waals surface area contributed by atoms with Gasteiger partial charge in [-0.05, 0) is 6.07 Å².